The third-order valence-electron chi connectivity index (χ3n) is 3.14. The van der Waals surface area contributed by atoms with Crippen LogP contribution in [0.4, 0.5) is 0 Å². The Kier molecular flexibility index (Phi) is 4.28. The zero-order chi connectivity index (χ0) is 15.6. The summed E-state index contributed by atoms with van der Waals surface area (Å²) in [6.45, 7) is 1.66. The van der Waals surface area contributed by atoms with Gasteiger partial charge in [-0.15, -0.1) is 0 Å². The summed E-state index contributed by atoms with van der Waals surface area (Å²) in [6, 6.07) is 7.06. The minimum atomic E-state index is -0.714. The maximum atomic E-state index is 11.9. The molecule has 0 aliphatic rings. The molecule has 1 atom stereocenters. The second kappa shape index (κ2) is 5.97. The van der Waals surface area contributed by atoms with E-state index in [9.17, 15) is 9.90 Å². The van der Waals surface area contributed by atoms with E-state index in [4.69, 9.17) is 4.74 Å². The van der Waals surface area contributed by atoms with E-state index in [2.05, 4.69) is 5.10 Å². The lowest BCUT2D eigenvalue weighted by Gasteiger charge is -2.16. The molecule has 1 aromatic heterocycles. The van der Waals surface area contributed by atoms with Crippen LogP contribution in [0.1, 0.15) is 29.1 Å². The lowest BCUT2D eigenvalue weighted by atomic mass is 10.1. The molecule has 1 N–H and O–H groups in total. The largest absolute Gasteiger partial charge is 0.496 e. The van der Waals surface area contributed by atoms with Gasteiger partial charge in [0.2, 0.25) is 0 Å². The number of aliphatic hydroxyl groups is 1. The molecule has 0 spiro atoms. The van der Waals surface area contributed by atoms with Crippen molar-refractivity contribution in [1.29, 1.82) is 0 Å². The van der Waals surface area contributed by atoms with Gasteiger partial charge in [-0.05, 0) is 25.1 Å². The molecule has 0 aliphatic carbocycles. The molecule has 2 rings (SSSR count). The number of aliphatic hydroxyl groups excluding tert-OH is 1. The third-order valence-corrected chi connectivity index (χ3v) is 3.14. The Hall–Kier alpha value is -2.34. The Balaban J connectivity index is 2.50. The first-order valence-corrected chi connectivity index (χ1v) is 6.58. The molecule has 0 saturated heterocycles. The summed E-state index contributed by atoms with van der Waals surface area (Å²) >= 11 is 0. The van der Waals surface area contributed by atoms with Crippen LogP contribution in [0.15, 0.2) is 30.5 Å². The SMILES string of the molecule is COc1cccc(-n2ccc(C(=O)N(C)C)n2)c1[C@@H](C)O. The van der Waals surface area contributed by atoms with Crippen molar-refractivity contribution in [3.63, 3.8) is 0 Å². The van der Waals surface area contributed by atoms with Crippen LogP contribution in [0.2, 0.25) is 0 Å². The number of carbonyl (C=O) groups excluding carboxylic acids is 1. The summed E-state index contributed by atoms with van der Waals surface area (Å²) in [6.07, 6.45) is 0.977. The van der Waals surface area contributed by atoms with Gasteiger partial charge in [-0.1, -0.05) is 6.07 Å². The number of rotatable bonds is 4. The maximum absolute atomic E-state index is 11.9. The minimum absolute atomic E-state index is 0.171. The van der Waals surface area contributed by atoms with Gasteiger partial charge in [0.1, 0.15) is 5.75 Å². The maximum Gasteiger partial charge on any atom is 0.273 e. The number of amides is 1. The summed E-state index contributed by atoms with van der Waals surface area (Å²) in [5.74, 6) is 0.411. The average Bonchev–Trinajstić information content (AvgIpc) is 2.94. The predicted molar refractivity (Wildman–Crippen MR) is 78.8 cm³/mol. The average molecular weight is 289 g/mol. The Bertz CT molecular complexity index is 647. The fourth-order valence-corrected chi connectivity index (χ4v) is 2.13. The van der Waals surface area contributed by atoms with Gasteiger partial charge in [-0.25, -0.2) is 4.68 Å². The van der Waals surface area contributed by atoms with Gasteiger partial charge in [0.25, 0.3) is 5.91 Å². The Morgan fingerprint density at radius 3 is 2.67 bits per heavy atom. The van der Waals surface area contributed by atoms with Crippen LogP contribution in [0, 0.1) is 0 Å². The summed E-state index contributed by atoms with van der Waals surface area (Å²) in [5, 5.41) is 14.3. The van der Waals surface area contributed by atoms with Crippen molar-refractivity contribution in [3.05, 3.63) is 41.7 Å². The van der Waals surface area contributed by atoms with Gasteiger partial charge in [0, 0.05) is 25.9 Å². The fraction of sp³-hybridized carbons (Fsp3) is 0.333. The molecule has 0 radical (unpaired) electrons. The first kappa shape index (κ1) is 15.1. The van der Waals surface area contributed by atoms with Gasteiger partial charge in [0.05, 0.1) is 18.9 Å². The molecular weight excluding hydrogens is 270 g/mol. The van der Waals surface area contributed by atoms with E-state index in [0.29, 0.717) is 22.7 Å². The molecule has 6 heteroatoms. The Morgan fingerprint density at radius 1 is 1.38 bits per heavy atom. The normalized spacial score (nSPS) is 12.0. The van der Waals surface area contributed by atoms with Crippen molar-refractivity contribution in [2.75, 3.05) is 21.2 Å². The van der Waals surface area contributed by atoms with Crippen molar-refractivity contribution in [3.8, 4) is 11.4 Å². The number of hydrogen-bond donors (Lipinski definition) is 1. The summed E-state index contributed by atoms with van der Waals surface area (Å²) in [7, 11) is 4.90. The number of nitrogens with zero attached hydrogens (tertiary/aromatic N) is 3. The van der Waals surface area contributed by atoms with Crippen molar-refractivity contribution in [2.45, 2.75) is 13.0 Å². The number of methoxy groups -OCH3 is 1. The lowest BCUT2D eigenvalue weighted by molar-refractivity contribution is 0.0821. The topological polar surface area (TPSA) is 67.6 Å². The van der Waals surface area contributed by atoms with E-state index < -0.39 is 6.10 Å². The van der Waals surface area contributed by atoms with E-state index in [0.717, 1.165) is 0 Å². The van der Waals surface area contributed by atoms with Crippen molar-refractivity contribution in [2.24, 2.45) is 0 Å². The standard InChI is InChI=1S/C15H19N3O3/c1-10(19)14-12(6-5-7-13(14)21-4)18-9-8-11(16-18)15(20)17(2)3/h5-10,19H,1-4H3/t10-/m1/s1. The van der Waals surface area contributed by atoms with Gasteiger partial charge in [-0.3, -0.25) is 4.79 Å². The zero-order valence-electron chi connectivity index (χ0n) is 12.6. The summed E-state index contributed by atoms with van der Waals surface area (Å²) < 4.78 is 6.86. The number of ether oxygens (including phenoxy) is 1. The van der Waals surface area contributed by atoms with E-state index >= 15 is 0 Å². The molecule has 0 unspecified atom stereocenters. The number of aromatic nitrogens is 2. The van der Waals surface area contributed by atoms with E-state index in [-0.39, 0.29) is 5.91 Å². The molecule has 0 fully saturated rings. The van der Waals surface area contributed by atoms with Crippen LogP contribution >= 0.6 is 0 Å². The first-order valence-electron chi connectivity index (χ1n) is 6.58. The molecule has 1 heterocycles. The molecule has 0 bridgehead atoms. The second-order valence-electron chi connectivity index (χ2n) is 4.91. The van der Waals surface area contributed by atoms with Crippen LogP contribution in [0.25, 0.3) is 5.69 Å². The highest BCUT2D eigenvalue weighted by atomic mass is 16.5. The van der Waals surface area contributed by atoms with Gasteiger partial charge in [0.15, 0.2) is 5.69 Å². The van der Waals surface area contributed by atoms with Crippen LogP contribution in [0.3, 0.4) is 0 Å². The quantitative estimate of drug-likeness (QED) is 0.929. The molecule has 1 amide bonds. The molecule has 21 heavy (non-hydrogen) atoms. The molecule has 2 aromatic rings. The monoisotopic (exact) mass is 289 g/mol. The van der Waals surface area contributed by atoms with Crippen molar-refractivity contribution in [1.82, 2.24) is 14.7 Å². The highest BCUT2D eigenvalue weighted by Gasteiger charge is 2.18. The van der Waals surface area contributed by atoms with Gasteiger partial charge in [-0.2, -0.15) is 5.10 Å². The molecule has 112 valence electrons. The number of carbonyl (C=O) groups is 1. The van der Waals surface area contributed by atoms with E-state index in [1.165, 1.54) is 4.90 Å². The van der Waals surface area contributed by atoms with Crippen LogP contribution in [-0.2, 0) is 0 Å². The van der Waals surface area contributed by atoms with Gasteiger partial charge < -0.3 is 14.7 Å². The molecule has 6 nitrogen and oxygen atoms in total. The third kappa shape index (κ3) is 2.90. The zero-order valence-corrected chi connectivity index (χ0v) is 12.6. The summed E-state index contributed by atoms with van der Waals surface area (Å²) in [4.78, 5) is 13.4. The fourth-order valence-electron chi connectivity index (χ4n) is 2.13. The molecule has 0 aliphatic heterocycles. The lowest BCUT2D eigenvalue weighted by Crippen LogP contribution is -2.22. The smallest absolute Gasteiger partial charge is 0.273 e. The summed E-state index contributed by atoms with van der Waals surface area (Å²) in [5.41, 5.74) is 1.66. The first-order chi connectivity index (χ1) is 9.95. The van der Waals surface area contributed by atoms with Crippen molar-refractivity contribution < 1.29 is 14.6 Å². The van der Waals surface area contributed by atoms with Crippen LogP contribution in [-0.4, -0.2) is 46.9 Å². The van der Waals surface area contributed by atoms with E-state index in [1.54, 1.807) is 51.1 Å². The molecule has 1 aromatic carbocycles. The van der Waals surface area contributed by atoms with Crippen molar-refractivity contribution >= 4 is 5.91 Å². The highest BCUT2D eigenvalue weighted by Crippen LogP contribution is 2.30. The molecular formula is C15H19N3O3. The Labute approximate surface area is 123 Å². The van der Waals surface area contributed by atoms with Crippen LogP contribution in [0.5, 0.6) is 5.75 Å². The minimum Gasteiger partial charge on any atom is -0.496 e. The second-order valence-corrected chi connectivity index (χ2v) is 4.91. The Morgan fingerprint density at radius 2 is 2.10 bits per heavy atom. The highest BCUT2D eigenvalue weighted by molar-refractivity contribution is 5.91. The van der Waals surface area contributed by atoms with E-state index in [1.807, 2.05) is 12.1 Å². The number of hydrogen-bond acceptors (Lipinski definition) is 4. The van der Waals surface area contributed by atoms with Gasteiger partial charge >= 0.3 is 0 Å². The number of benzene rings is 1. The predicted octanol–water partition coefficient (Wildman–Crippen LogP) is 1.64. The van der Waals surface area contributed by atoms with Crippen LogP contribution < -0.4 is 4.74 Å². The molecule has 0 saturated carbocycles.